The third-order valence-corrected chi connectivity index (χ3v) is 4.55. The minimum atomic E-state index is -0.280. The molecule has 0 unspecified atom stereocenters. The highest BCUT2D eigenvalue weighted by molar-refractivity contribution is 6.06. The molecule has 0 bridgehead atoms. The molecule has 3 heterocycles. The van der Waals surface area contributed by atoms with E-state index in [1.54, 1.807) is 24.4 Å². The van der Waals surface area contributed by atoms with Crippen LogP contribution in [-0.2, 0) is 4.79 Å². The van der Waals surface area contributed by atoms with E-state index < -0.39 is 0 Å². The minimum Gasteiger partial charge on any atom is -0.482 e. The van der Waals surface area contributed by atoms with Crippen LogP contribution in [0.5, 0.6) is 5.75 Å². The van der Waals surface area contributed by atoms with Gasteiger partial charge < -0.3 is 15.4 Å². The Bertz CT molecular complexity index is 1210. The van der Waals surface area contributed by atoms with Crippen molar-refractivity contribution in [3.63, 3.8) is 0 Å². The molecular formula is C21H15N5O3. The molecule has 0 aliphatic carbocycles. The molecule has 8 nitrogen and oxygen atoms in total. The fourth-order valence-electron chi connectivity index (χ4n) is 3.12. The lowest BCUT2D eigenvalue weighted by molar-refractivity contribution is -0.118. The molecule has 2 aromatic heterocycles. The molecule has 2 N–H and O–H groups in total. The number of nitrogens with zero attached hydrogens (tertiary/aromatic N) is 3. The highest BCUT2D eigenvalue weighted by atomic mass is 16.5. The normalized spacial score (nSPS) is 12.8. The van der Waals surface area contributed by atoms with Crippen LogP contribution in [-0.4, -0.2) is 32.8 Å². The molecule has 1 aliphatic rings. The number of carbonyl (C=O) groups is 2. The van der Waals surface area contributed by atoms with Gasteiger partial charge in [-0.2, -0.15) is 0 Å². The molecule has 4 aromatic rings. The Balaban J connectivity index is 1.34. The molecule has 0 saturated heterocycles. The summed E-state index contributed by atoms with van der Waals surface area (Å²) in [5.74, 6) is 0.654. The van der Waals surface area contributed by atoms with Gasteiger partial charge in [-0.25, -0.2) is 9.97 Å². The monoisotopic (exact) mass is 385 g/mol. The van der Waals surface area contributed by atoms with Crippen molar-refractivity contribution < 1.29 is 14.3 Å². The fourth-order valence-corrected chi connectivity index (χ4v) is 3.12. The predicted octanol–water partition coefficient (Wildman–Crippen LogP) is 2.98. The van der Waals surface area contributed by atoms with Gasteiger partial charge in [0.2, 0.25) is 5.78 Å². The number of rotatable bonds is 3. The van der Waals surface area contributed by atoms with Crippen molar-refractivity contribution in [1.82, 2.24) is 14.4 Å². The summed E-state index contributed by atoms with van der Waals surface area (Å²) in [5, 5.41) is 5.55. The van der Waals surface area contributed by atoms with E-state index in [1.165, 1.54) is 0 Å². The molecule has 0 atom stereocenters. The highest BCUT2D eigenvalue weighted by Gasteiger charge is 2.18. The Labute approximate surface area is 165 Å². The number of aromatic nitrogens is 3. The average Bonchev–Trinajstić information content (AvgIpc) is 3.18. The third-order valence-electron chi connectivity index (χ3n) is 4.55. The number of nitrogens with one attached hydrogen (secondary N) is 2. The summed E-state index contributed by atoms with van der Waals surface area (Å²) >= 11 is 0. The van der Waals surface area contributed by atoms with Gasteiger partial charge in [0.15, 0.2) is 6.61 Å². The van der Waals surface area contributed by atoms with Crippen molar-refractivity contribution in [2.45, 2.75) is 0 Å². The van der Waals surface area contributed by atoms with E-state index in [1.807, 2.05) is 47.1 Å². The number of amides is 2. The number of ether oxygens (including phenoxy) is 1. The summed E-state index contributed by atoms with van der Waals surface area (Å²) in [6.07, 6.45) is 5.49. The molecule has 2 aromatic carbocycles. The quantitative estimate of drug-likeness (QED) is 0.565. The second-order valence-electron chi connectivity index (χ2n) is 6.53. The largest absolute Gasteiger partial charge is 0.482 e. The summed E-state index contributed by atoms with van der Waals surface area (Å²) in [5.41, 5.74) is 3.28. The molecule has 0 spiro atoms. The standard InChI is InChI=1S/C21H15N5O3/c27-19-12-29-18-7-4-14(10-16(18)24-19)20(28)23-15-5-2-13(3-6-15)17-11-26-9-1-8-22-21(26)25-17/h1-11H,12H2,(H,23,28)(H,24,27). The van der Waals surface area contributed by atoms with Gasteiger partial charge in [-0.3, -0.25) is 14.0 Å². The summed E-state index contributed by atoms with van der Waals surface area (Å²) in [4.78, 5) is 32.7. The molecule has 0 fully saturated rings. The van der Waals surface area contributed by atoms with E-state index in [9.17, 15) is 9.59 Å². The number of benzene rings is 2. The number of imidazole rings is 1. The van der Waals surface area contributed by atoms with Crippen LogP contribution in [0.15, 0.2) is 67.1 Å². The second-order valence-corrected chi connectivity index (χ2v) is 6.53. The SMILES string of the molecule is O=C1COc2ccc(C(=O)Nc3ccc(-c4cn5cccnc5n4)cc3)cc2N1. The average molecular weight is 385 g/mol. The lowest BCUT2D eigenvalue weighted by Crippen LogP contribution is -2.25. The Morgan fingerprint density at radius 2 is 2.03 bits per heavy atom. The van der Waals surface area contributed by atoms with Crippen LogP contribution in [0.2, 0.25) is 0 Å². The van der Waals surface area contributed by atoms with Crippen molar-refractivity contribution in [2.75, 3.05) is 17.2 Å². The molecule has 29 heavy (non-hydrogen) atoms. The number of carbonyl (C=O) groups excluding carboxylic acids is 2. The zero-order valence-electron chi connectivity index (χ0n) is 15.1. The second kappa shape index (κ2) is 6.75. The van der Waals surface area contributed by atoms with Gasteiger partial charge in [-0.15, -0.1) is 0 Å². The van der Waals surface area contributed by atoms with Crippen LogP contribution < -0.4 is 15.4 Å². The fraction of sp³-hybridized carbons (Fsp3) is 0.0476. The first-order chi connectivity index (χ1) is 14.2. The maximum absolute atomic E-state index is 12.6. The Kier molecular flexibility index (Phi) is 3.94. The number of fused-ring (bicyclic) bond motifs is 2. The molecule has 5 rings (SSSR count). The molecule has 1 aliphatic heterocycles. The molecule has 2 amide bonds. The zero-order chi connectivity index (χ0) is 19.8. The first-order valence-corrected chi connectivity index (χ1v) is 8.94. The third kappa shape index (κ3) is 3.27. The lowest BCUT2D eigenvalue weighted by Gasteiger charge is -2.18. The lowest BCUT2D eigenvalue weighted by atomic mass is 10.1. The van der Waals surface area contributed by atoms with E-state index in [4.69, 9.17) is 4.74 Å². The van der Waals surface area contributed by atoms with Gasteiger partial charge in [-0.05, 0) is 36.4 Å². The van der Waals surface area contributed by atoms with Crippen LogP contribution in [0.25, 0.3) is 17.0 Å². The molecular weight excluding hydrogens is 370 g/mol. The van der Waals surface area contributed by atoms with Gasteiger partial charge in [-0.1, -0.05) is 12.1 Å². The van der Waals surface area contributed by atoms with Crippen LogP contribution >= 0.6 is 0 Å². The van der Waals surface area contributed by atoms with E-state index in [0.717, 1.165) is 11.3 Å². The van der Waals surface area contributed by atoms with E-state index in [-0.39, 0.29) is 18.4 Å². The van der Waals surface area contributed by atoms with Crippen LogP contribution in [0.3, 0.4) is 0 Å². The number of hydrogen-bond acceptors (Lipinski definition) is 5. The van der Waals surface area contributed by atoms with Gasteiger partial charge >= 0.3 is 0 Å². The topological polar surface area (TPSA) is 97.6 Å². The summed E-state index contributed by atoms with van der Waals surface area (Å²) in [7, 11) is 0. The molecule has 0 saturated carbocycles. The van der Waals surface area contributed by atoms with Crippen LogP contribution in [0.1, 0.15) is 10.4 Å². The maximum Gasteiger partial charge on any atom is 0.262 e. The van der Waals surface area contributed by atoms with E-state index >= 15 is 0 Å². The summed E-state index contributed by atoms with van der Waals surface area (Å²) in [6.45, 7) is -0.0206. The minimum absolute atomic E-state index is 0.0206. The maximum atomic E-state index is 12.6. The summed E-state index contributed by atoms with van der Waals surface area (Å²) < 4.78 is 7.16. The molecule has 142 valence electrons. The van der Waals surface area contributed by atoms with E-state index in [0.29, 0.717) is 28.5 Å². The zero-order valence-corrected chi connectivity index (χ0v) is 15.1. The Morgan fingerprint density at radius 1 is 1.17 bits per heavy atom. The smallest absolute Gasteiger partial charge is 0.262 e. The van der Waals surface area contributed by atoms with Crippen molar-refractivity contribution in [3.05, 3.63) is 72.7 Å². The van der Waals surface area contributed by atoms with E-state index in [2.05, 4.69) is 20.6 Å². The summed E-state index contributed by atoms with van der Waals surface area (Å²) in [6, 6.07) is 14.2. The number of hydrogen-bond donors (Lipinski definition) is 2. The molecule has 8 heteroatoms. The van der Waals surface area contributed by atoms with Crippen molar-refractivity contribution >= 4 is 29.0 Å². The first kappa shape index (κ1) is 16.9. The van der Waals surface area contributed by atoms with Crippen LogP contribution in [0, 0.1) is 0 Å². The Morgan fingerprint density at radius 3 is 2.86 bits per heavy atom. The Hall–Kier alpha value is -4.20. The van der Waals surface area contributed by atoms with Gasteiger partial charge in [0.05, 0.1) is 11.4 Å². The van der Waals surface area contributed by atoms with Crippen molar-refractivity contribution in [1.29, 1.82) is 0 Å². The number of anilines is 2. The predicted molar refractivity (Wildman–Crippen MR) is 107 cm³/mol. The molecule has 0 radical (unpaired) electrons. The first-order valence-electron chi connectivity index (χ1n) is 8.94. The van der Waals surface area contributed by atoms with Gasteiger partial charge in [0.1, 0.15) is 5.75 Å². The highest BCUT2D eigenvalue weighted by Crippen LogP contribution is 2.29. The van der Waals surface area contributed by atoms with Crippen LogP contribution in [0.4, 0.5) is 11.4 Å². The van der Waals surface area contributed by atoms with Gasteiger partial charge in [0.25, 0.3) is 11.8 Å². The van der Waals surface area contributed by atoms with Crippen molar-refractivity contribution in [3.8, 4) is 17.0 Å². The van der Waals surface area contributed by atoms with Crippen molar-refractivity contribution in [2.24, 2.45) is 0 Å². The van der Waals surface area contributed by atoms with Gasteiger partial charge in [0, 0.05) is 35.4 Å².